The second-order valence-electron chi connectivity index (χ2n) is 5.15. The van der Waals surface area contributed by atoms with E-state index in [0.717, 1.165) is 31.6 Å². The van der Waals surface area contributed by atoms with Gasteiger partial charge in [-0.05, 0) is 42.6 Å². The van der Waals surface area contributed by atoms with Crippen LogP contribution in [-0.2, 0) is 0 Å². The molecular weight excluding hydrogens is 206 g/mol. The van der Waals surface area contributed by atoms with E-state index < -0.39 is 5.60 Å². The van der Waals surface area contributed by atoms with Crippen molar-refractivity contribution in [2.24, 2.45) is 17.6 Å². The molecule has 2 nitrogen and oxygen atoms in total. The molecule has 0 amide bonds. The number of thioether (sulfide) groups is 1. The smallest absolute Gasteiger partial charge is 0.0797 e. The maximum Gasteiger partial charge on any atom is 0.0797 e. The molecule has 1 aliphatic rings. The number of aliphatic hydroxyl groups is 1. The summed E-state index contributed by atoms with van der Waals surface area (Å²) in [5.41, 5.74) is 5.11. The monoisotopic (exact) mass is 231 g/mol. The minimum Gasteiger partial charge on any atom is -0.388 e. The van der Waals surface area contributed by atoms with Gasteiger partial charge in [0.1, 0.15) is 0 Å². The largest absolute Gasteiger partial charge is 0.388 e. The summed E-state index contributed by atoms with van der Waals surface area (Å²) >= 11 is 2.01. The van der Waals surface area contributed by atoms with Gasteiger partial charge in [0, 0.05) is 6.54 Å². The molecule has 0 aromatic carbocycles. The van der Waals surface area contributed by atoms with Crippen molar-refractivity contribution in [2.75, 3.05) is 18.1 Å². The Kier molecular flexibility index (Phi) is 5.44. The van der Waals surface area contributed by atoms with Crippen LogP contribution in [0.25, 0.3) is 0 Å². The third kappa shape index (κ3) is 3.97. The van der Waals surface area contributed by atoms with E-state index in [1.807, 2.05) is 11.8 Å². The number of hydrogen-bond acceptors (Lipinski definition) is 3. The number of nitrogens with two attached hydrogens (primary N) is 1. The first-order chi connectivity index (χ1) is 7.08. The quantitative estimate of drug-likeness (QED) is 0.689. The van der Waals surface area contributed by atoms with E-state index in [0.29, 0.717) is 12.5 Å². The molecule has 3 heteroatoms. The van der Waals surface area contributed by atoms with Crippen LogP contribution in [0.4, 0.5) is 0 Å². The molecule has 0 aromatic rings. The summed E-state index contributed by atoms with van der Waals surface area (Å²) in [5.74, 6) is 3.62. The fourth-order valence-corrected chi connectivity index (χ4v) is 3.44. The molecule has 0 saturated heterocycles. The molecule has 15 heavy (non-hydrogen) atoms. The van der Waals surface area contributed by atoms with Crippen LogP contribution in [-0.4, -0.2) is 28.8 Å². The Hall–Kier alpha value is 0.270. The highest BCUT2D eigenvalue weighted by atomic mass is 32.2. The second-order valence-corrected chi connectivity index (χ2v) is 6.30. The molecule has 1 aliphatic carbocycles. The Morgan fingerprint density at radius 1 is 1.53 bits per heavy atom. The highest BCUT2D eigenvalue weighted by Gasteiger charge is 2.39. The average Bonchev–Trinajstić information content (AvgIpc) is 2.56. The maximum absolute atomic E-state index is 10.2. The molecule has 1 fully saturated rings. The SMILES string of the molecule is CC(C)CSCCC1CCCC1(O)CN. The molecule has 0 aromatic heterocycles. The lowest BCUT2D eigenvalue weighted by atomic mass is 9.89. The lowest BCUT2D eigenvalue weighted by Gasteiger charge is -2.28. The zero-order valence-corrected chi connectivity index (χ0v) is 10.9. The Labute approximate surface area is 98.0 Å². The molecule has 3 N–H and O–H groups in total. The van der Waals surface area contributed by atoms with Crippen LogP contribution in [0.3, 0.4) is 0 Å². The van der Waals surface area contributed by atoms with Crippen LogP contribution >= 0.6 is 11.8 Å². The van der Waals surface area contributed by atoms with Gasteiger partial charge in [0.2, 0.25) is 0 Å². The Bertz CT molecular complexity index is 186. The van der Waals surface area contributed by atoms with Gasteiger partial charge in [0.25, 0.3) is 0 Å². The average molecular weight is 231 g/mol. The van der Waals surface area contributed by atoms with Gasteiger partial charge in [-0.2, -0.15) is 11.8 Å². The summed E-state index contributed by atoms with van der Waals surface area (Å²) in [7, 11) is 0. The van der Waals surface area contributed by atoms with Gasteiger partial charge in [0.15, 0.2) is 0 Å². The van der Waals surface area contributed by atoms with Crippen molar-refractivity contribution >= 4 is 11.8 Å². The summed E-state index contributed by atoms with van der Waals surface area (Å²) in [5, 5.41) is 10.2. The van der Waals surface area contributed by atoms with Crippen LogP contribution in [0.1, 0.15) is 39.5 Å². The van der Waals surface area contributed by atoms with Crippen molar-refractivity contribution in [1.29, 1.82) is 0 Å². The van der Waals surface area contributed by atoms with Gasteiger partial charge >= 0.3 is 0 Å². The molecule has 0 bridgehead atoms. The fraction of sp³-hybridized carbons (Fsp3) is 1.00. The van der Waals surface area contributed by atoms with Crippen molar-refractivity contribution in [3.63, 3.8) is 0 Å². The van der Waals surface area contributed by atoms with Crippen LogP contribution in [0.2, 0.25) is 0 Å². The first kappa shape index (κ1) is 13.3. The lowest BCUT2D eigenvalue weighted by Crippen LogP contribution is -2.41. The molecule has 1 rings (SSSR count). The Balaban J connectivity index is 2.20. The van der Waals surface area contributed by atoms with E-state index in [1.54, 1.807) is 0 Å². The Morgan fingerprint density at radius 2 is 2.27 bits per heavy atom. The van der Waals surface area contributed by atoms with Crippen LogP contribution in [0, 0.1) is 11.8 Å². The molecule has 0 aliphatic heterocycles. The van der Waals surface area contributed by atoms with Gasteiger partial charge in [0.05, 0.1) is 5.60 Å². The highest BCUT2D eigenvalue weighted by Crippen LogP contribution is 2.37. The minimum absolute atomic E-state index is 0.437. The molecular formula is C12H25NOS. The summed E-state index contributed by atoms with van der Waals surface area (Å²) < 4.78 is 0. The first-order valence-corrected chi connectivity index (χ1v) is 7.24. The molecule has 0 radical (unpaired) electrons. The molecule has 2 atom stereocenters. The zero-order chi connectivity index (χ0) is 11.3. The van der Waals surface area contributed by atoms with Crippen molar-refractivity contribution < 1.29 is 5.11 Å². The Morgan fingerprint density at radius 3 is 2.87 bits per heavy atom. The molecule has 2 unspecified atom stereocenters. The molecule has 0 heterocycles. The zero-order valence-electron chi connectivity index (χ0n) is 10.0. The third-order valence-electron chi connectivity index (χ3n) is 3.34. The minimum atomic E-state index is -0.543. The predicted octanol–water partition coefficient (Wildman–Crippen LogP) is 2.26. The van der Waals surface area contributed by atoms with Gasteiger partial charge in [-0.1, -0.05) is 20.3 Å². The van der Waals surface area contributed by atoms with Crippen LogP contribution in [0.15, 0.2) is 0 Å². The normalized spacial score (nSPS) is 31.4. The summed E-state index contributed by atoms with van der Waals surface area (Å²) in [4.78, 5) is 0. The topological polar surface area (TPSA) is 46.2 Å². The van der Waals surface area contributed by atoms with Gasteiger partial charge < -0.3 is 10.8 Å². The van der Waals surface area contributed by atoms with E-state index in [-0.39, 0.29) is 0 Å². The standard InChI is InChI=1S/C12H25NOS/c1-10(2)8-15-7-5-11-4-3-6-12(11,14)9-13/h10-11,14H,3-9,13H2,1-2H3. The van der Waals surface area contributed by atoms with Crippen molar-refractivity contribution in [2.45, 2.75) is 45.1 Å². The van der Waals surface area contributed by atoms with E-state index in [2.05, 4.69) is 13.8 Å². The van der Waals surface area contributed by atoms with Crippen molar-refractivity contribution in [3.05, 3.63) is 0 Å². The van der Waals surface area contributed by atoms with Crippen LogP contribution < -0.4 is 5.73 Å². The lowest BCUT2D eigenvalue weighted by molar-refractivity contribution is 0.0104. The molecule has 90 valence electrons. The van der Waals surface area contributed by atoms with Gasteiger partial charge in [-0.15, -0.1) is 0 Å². The van der Waals surface area contributed by atoms with E-state index in [1.165, 1.54) is 11.5 Å². The van der Waals surface area contributed by atoms with Crippen LogP contribution in [0.5, 0.6) is 0 Å². The third-order valence-corrected chi connectivity index (χ3v) is 4.76. The molecule has 1 saturated carbocycles. The fourth-order valence-electron chi connectivity index (χ4n) is 2.35. The van der Waals surface area contributed by atoms with Crippen molar-refractivity contribution in [1.82, 2.24) is 0 Å². The van der Waals surface area contributed by atoms with E-state index in [9.17, 15) is 5.11 Å². The number of rotatable bonds is 6. The summed E-state index contributed by atoms with van der Waals surface area (Å²) in [6.07, 6.45) is 4.34. The summed E-state index contributed by atoms with van der Waals surface area (Å²) in [6, 6.07) is 0. The van der Waals surface area contributed by atoms with E-state index in [4.69, 9.17) is 5.73 Å². The highest BCUT2D eigenvalue weighted by molar-refractivity contribution is 7.99. The van der Waals surface area contributed by atoms with E-state index >= 15 is 0 Å². The maximum atomic E-state index is 10.2. The second kappa shape index (κ2) is 6.12. The summed E-state index contributed by atoms with van der Waals surface area (Å²) in [6.45, 7) is 4.93. The molecule has 0 spiro atoms. The van der Waals surface area contributed by atoms with Gasteiger partial charge in [-0.3, -0.25) is 0 Å². The predicted molar refractivity (Wildman–Crippen MR) is 68.1 cm³/mol. The van der Waals surface area contributed by atoms with Gasteiger partial charge in [-0.25, -0.2) is 0 Å². The number of hydrogen-bond donors (Lipinski definition) is 2. The first-order valence-electron chi connectivity index (χ1n) is 6.08. The van der Waals surface area contributed by atoms with Crippen molar-refractivity contribution in [3.8, 4) is 0 Å².